The van der Waals surface area contributed by atoms with Crippen LogP contribution in [0.3, 0.4) is 0 Å². The van der Waals surface area contributed by atoms with Crippen LogP contribution in [-0.4, -0.2) is 21.4 Å². The molecule has 0 aliphatic rings. The zero-order valence-corrected chi connectivity index (χ0v) is 12.9. The van der Waals surface area contributed by atoms with E-state index in [4.69, 9.17) is 0 Å². The van der Waals surface area contributed by atoms with Gasteiger partial charge < -0.3 is 5.32 Å². The molecule has 0 saturated heterocycles. The molecule has 88 valence electrons. The number of amides is 1. The molecular weight excluding hydrogens is 383 g/mol. The summed E-state index contributed by atoms with van der Waals surface area (Å²) in [4.78, 5) is 15.9. The second kappa shape index (κ2) is 6.54. The SMILES string of the molecule is CC(C)C(CI)NC(=O)c1ccc(Br)cn1. The minimum Gasteiger partial charge on any atom is -0.347 e. The van der Waals surface area contributed by atoms with E-state index in [0.717, 1.165) is 8.90 Å². The van der Waals surface area contributed by atoms with Gasteiger partial charge in [-0.2, -0.15) is 0 Å². The third-order valence-electron chi connectivity index (χ3n) is 2.25. The largest absolute Gasteiger partial charge is 0.347 e. The van der Waals surface area contributed by atoms with Gasteiger partial charge in [0.15, 0.2) is 0 Å². The highest BCUT2D eigenvalue weighted by molar-refractivity contribution is 14.1. The van der Waals surface area contributed by atoms with E-state index in [9.17, 15) is 4.79 Å². The third-order valence-corrected chi connectivity index (χ3v) is 3.67. The van der Waals surface area contributed by atoms with Gasteiger partial charge >= 0.3 is 0 Å². The first kappa shape index (κ1) is 13.9. The lowest BCUT2D eigenvalue weighted by molar-refractivity contribution is 0.0927. The van der Waals surface area contributed by atoms with Crippen LogP contribution in [0.1, 0.15) is 24.3 Å². The summed E-state index contributed by atoms with van der Waals surface area (Å²) >= 11 is 5.57. The summed E-state index contributed by atoms with van der Waals surface area (Å²) in [5.74, 6) is 0.319. The minimum atomic E-state index is -0.108. The Morgan fingerprint density at radius 2 is 2.25 bits per heavy atom. The van der Waals surface area contributed by atoms with Gasteiger partial charge in [-0.25, -0.2) is 4.98 Å². The molecule has 1 unspecified atom stereocenters. The average molecular weight is 397 g/mol. The number of nitrogens with one attached hydrogen (secondary N) is 1. The van der Waals surface area contributed by atoms with Crippen LogP contribution in [0.2, 0.25) is 0 Å². The molecule has 0 fully saturated rings. The molecule has 0 aliphatic heterocycles. The quantitative estimate of drug-likeness (QED) is 0.627. The Bertz CT molecular complexity index is 354. The molecule has 0 saturated carbocycles. The molecule has 5 heteroatoms. The summed E-state index contributed by atoms with van der Waals surface area (Å²) in [5.41, 5.74) is 0.457. The summed E-state index contributed by atoms with van der Waals surface area (Å²) in [6.07, 6.45) is 1.63. The maximum absolute atomic E-state index is 11.8. The van der Waals surface area contributed by atoms with Gasteiger partial charge in [0.2, 0.25) is 0 Å². The number of carbonyl (C=O) groups excluding carboxylic acids is 1. The van der Waals surface area contributed by atoms with E-state index in [1.165, 1.54) is 0 Å². The van der Waals surface area contributed by atoms with Gasteiger partial charge in [-0.15, -0.1) is 0 Å². The Balaban J connectivity index is 2.68. The van der Waals surface area contributed by atoms with Crippen molar-refractivity contribution >= 4 is 44.4 Å². The molecular formula is C11H14BrIN2O. The van der Waals surface area contributed by atoms with Crippen molar-refractivity contribution in [1.29, 1.82) is 0 Å². The molecule has 0 spiro atoms. The lowest BCUT2D eigenvalue weighted by atomic mass is 10.1. The van der Waals surface area contributed by atoms with E-state index in [-0.39, 0.29) is 11.9 Å². The van der Waals surface area contributed by atoms with Gasteiger partial charge in [0.1, 0.15) is 5.69 Å². The van der Waals surface area contributed by atoms with Gasteiger partial charge in [-0.05, 0) is 34.0 Å². The highest BCUT2D eigenvalue weighted by Gasteiger charge is 2.16. The molecule has 1 heterocycles. The first-order valence-corrected chi connectivity index (χ1v) is 7.35. The van der Waals surface area contributed by atoms with Gasteiger partial charge in [0.25, 0.3) is 5.91 Å². The molecule has 1 atom stereocenters. The topological polar surface area (TPSA) is 42.0 Å². The van der Waals surface area contributed by atoms with Crippen molar-refractivity contribution in [2.24, 2.45) is 5.92 Å². The van der Waals surface area contributed by atoms with Crippen LogP contribution < -0.4 is 5.32 Å². The summed E-state index contributed by atoms with van der Waals surface area (Å²) in [6.45, 7) is 4.19. The van der Waals surface area contributed by atoms with Crippen molar-refractivity contribution in [1.82, 2.24) is 10.3 Å². The average Bonchev–Trinajstić information content (AvgIpc) is 2.26. The normalized spacial score (nSPS) is 12.6. The highest BCUT2D eigenvalue weighted by atomic mass is 127. The number of rotatable bonds is 4. The smallest absolute Gasteiger partial charge is 0.270 e. The summed E-state index contributed by atoms with van der Waals surface area (Å²) in [7, 11) is 0. The molecule has 1 amide bonds. The Morgan fingerprint density at radius 3 is 2.69 bits per heavy atom. The van der Waals surface area contributed by atoms with Crippen molar-refractivity contribution in [3.05, 3.63) is 28.5 Å². The number of hydrogen-bond donors (Lipinski definition) is 1. The first-order valence-electron chi connectivity index (χ1n) is 5.03. The number of aromatic nitrogens is 1. The Hall–Kier alpha value is -0.170. The van der Waals surface area contributed by atoms with Crippen LogP contribution in [-0.2, 0) is 0 Å². The van der Waals surface area contributed by atoms with Gasteiger partial charge in [-0.3, -0.25) is 4.79 Å². The molecule has 16 heavy (non-hydrogen) atoms. The second-order valence-electron chi connectivity index (χ2n) is 3.84. The van der Waals surface area contributed by atoms with E-state index >= 15 is 0 Å². The van der Waals surface area contributed by atoms with Crippen LogP contribution in [0.25, 0.3) is 0 Å². The van der Waals surface area contributed by atoms with E-state index in [1.807, 2.05) is 6.07 Å². The van der Waals surface area contributed by atoms with E-state index in [1.54, 1.807) is 12.3 Å². The highest BCUT2D eigenvalue weighted by Crippen LogP contribution is 2.09. The Labute approximate surface area is 118 Å². The monoisotopic (exact) mass is 396 g/mol. The second-order valence-corrected chi connectivity index (χ2v) is 5.64. The number of pyridine rings is 1. The van der Waals surface area contributed by atoms with Crippen LogP contribution in [0.15, 0.2) is 22.8 Å². The fraction of sp³-hybridized carbons (Fsp3) is 0.455. The predicted molar refractivity (Wildman–Crippen MR) is 76.9 cm³/mol. The van der Waals surface area contributed by atoms with Gasteiger partial charge in [-0.1, -0.05) is 36.4 Å². The van der Waals surface area contributed by atoms with Crippen molar-refractivity contribution in [3.63, 3.8) is 0 Å². The zero-order valence-electron chi connectivity index (χ0n) is 9.21. The van der Waals surface area contributed by atoms with Gasteiger partial charge in [0, 0.05) is 21.1 Å². The summed E-state index contributed by atoms with van der Waals surface area (Å²) in [6, 6.07) is 3.72. The van der Waals surface area contributed by atoms with Crippen LogP contribution in [0.4, 0.5) is 0 Å². The number of halogens is 2. The van der Waals surface area contributed by atoms with Crippen LogP contribution in [0, 0.1) is 5.92 Å². The fourth-order valence-corrected chi connectivity index (χ4v) is 2.61. The molecule has 3 nitrogen and oxygen atoms in total. The van der Waals surface area contributed by atoms with E-state index in [0.29, 0.717) is 11.6 Å². The lowest BCUT2D eigenvalue weighted by Crippen LogP contribution is -2.40. The summed E-state index contributed by atoms with van der Waals surface area (Å²) < 4.78 is 1.77. The molecule has 0 bridgehead atoms. The number of hydrogen-bond acceptors (Lipinski definition) is 2. The molecule has 1 N–H and O–H groups in total. The predicted octanol–water partition coefficient (Wildman–Crippen LogP) is 3.03. The molecule has 1 aromatic rings. The molecule has 1 rings (SSSR count). The maximum Gasteiger partial charge on any atom is 0.270 e. The fourth-order valence-electron chi connectivity index (χ4n) is 1.14. The van der Waals surface area contributed by atoms with Crippen molar-refractivity contribution in [3.8, 4) is 0 Å². The summed E-state index contributed by atoms with van der Waals surface area (Å²) in [5, 5.41) is 2.98. The minimum absolute atomic E-state index is 0.108. The first-order chi connectivity index (χ1) is 7.54. The van der Waals surface area contributed by atoms with Crippen LogP contribution >= 0.6 is 38.5 Å². The number of carbonyl (C=O) groups is 1. The molecule has 0 aromatic carbocycles. The van der Waals surface area contributed by atoms with E-state index < -0.39 is 0 Å². The van der Waals surface area contributed by atoms with E-state index in [2.05, 4.69) is 62.7 Å². The molecule has 1 aromatic heterocycles. The number of alkyl halides is 1. The standard InChI is InChI=1S/C11H14BrIN2O/c1-7(2)10(5-13)15-11(16)9-4-3-8(12)6-14-9/h3-4,6-7,10H,5H2,1-2H3,(H,15,16). The van der Waals surface area contributed by atoms with Crippen molar-refractivity contribution in [2.75, 3.05) is 4.43 Å². The molecule has 0 aliphatic carbocycles. The Kier molecular flexibility index (Phi) is 5.68. The number of nitrogens with zero attached hydrogens (tertiary/aromatic N) is 1. The maximum atomic E-state index is 11.8. The van der Waals surface area contributed by atoms with Gasteiger partial charge in [0.05, 0.1) is 0 Å². The Morgan fingerprint density at radius 1 is 1.56 bits per heavy atom. The third kappa shape index (κ3) is 4.01. The van der Waals surface area contributed by atoms with Crippen LogP contribution in [0.5, 0.6) is 0 Å². The van der Waals surface area contributed by atoms with Crippen molar-refractivity contribution < 1.29 is 4.79 Å². The zero-order chi connectivity index (χ0) is 12.1. The van der Waals surface area contributed by atoms with Crippen molar-refractivity contribution in [2.45, 2.75) is 19.9 Å². The molecule has 0 radical (unpaired) electrons. The lowest BCUT2D eigenvalue weighted by Gasteiger charge is -2.19.